The van der Waals surface area contributed by atoms with Gasteiger partial charge >= 0.3 is 0 Å². The highest BCUT2D eigenvalue weighted by Crippen LogP contribution is 2.29. The zero-order valence-electron chi connectivity index (χ0n) is 11.0. The van der Waals surface area contributed by atoms with Crippen LogP contribution in [0.2, 0.25) is 0 Å². The van der Waals surface area contributed by atoms with Crippen LogP contribution in [0.5, 0.6) is 0 Å². The standard InChI is InChI=1S/C13H18N4O2/c1-17-7-6-10(15-17)13-14-12(19-16-13)8-11(18)9-4-2-3-5-9/h6-7,9,11,18H,2-5,8H2,1H3. The second kappa shape index (κ2) is 5.13. The van der Waals surface area contributed by atoms with E-state index in [1.807, 2.05) is 19.3 Å². The molecule has 0 amide bonds. The predicted octanol–water partition coefficient (Wildman–Crippen LogP) is 1.56. The molecular weight excluding hydrogens is 244 g/mol. The maximum Gasteiger partial charge on any atom is 0.229 e. The van der Waals surface area contributed by atoms with Crippen LogP contribution in [-0.2, 0) is 13.5 Å². The molecule has 0 bridgehead atoms. The van der Waals surface area contributed by atoms with E-state index in [0.717, 1.165) is 12.8 Å². The van der Waals surface area contributed by atoms with Crippen LogP contribution in [0.3, 0.4) is 0 Å². The van der Waals surface area contributed by atoms with Gasteiger partial charge in [0.2, 0.25) is 11.7 Å². The van der Waals surface area contributed by atoms with E-state index in [9.17, 15) is 5.11 Å². The van der Waals surface area contributed by atoms with Gasteiger partial charge in [-0.3, -0.25) is 4.68 Å². The summed E-state index contributed by atoms with van der Waals surface area (Å²) < 4.78 is 6.88. The summed E-state index contributed by atoms with van der Waals surface area (Å²) in [6.45, 7) is 0. The molecule has 1 aliphatic rings. The van der Waals surface area contributed by atoms with Crippen molar-refractivity contribution in [1.29, 1.82) is 0 Å². The first-order valence-electron chi connectivity index (χ1n) is 6.73. The van der Waals surface area contributed by atoms with E-state index in [4.69, 9.17) is 4.52 Å². The Morgan fingerprint density at radius 3 is 2.95 bits per heavy atom. The Bertz CT molecular complexity index is 542. The number of rotatable bonds is 4. The van der Waals surface area contributed by atoms with Crippen molar-refractivity contribution in [3.8, 4) is 11.5 Å². The average Bonchev–Trinajstić information content (AvgIpc) is 3.07. The summed E-state index contributed by atoms with van der Waals surface area (Å²) in [5, 5.41) is 18.3. The van der Waals surface area contributed by atoms with Crippen LogP contribution in [0, 0.1) is 5.92 Å². The van der Waals surface area contributed by atoms with E-state index >= 15 is 0 Å². The van der Waals surface area contributed by atoms with Gasteiger partial charge < -0.3 is 9.63 Å². The number of aromatic nitrogens is 4. The Hall–Kier alpha value is -1.69. The second-order valence-corrected chi connectivity index (χ2v) is 5.20. The molecule has 2 aromatic rings. The summed E-state index contributed by atoms with van der Waals surface area (Å²) in [6.07, 6.45) is 6.52. The first-order valence-corrected chi connectivity index (χ1v) is 6.73. The highest BCUT2D eigenvalue weighted by atomic mass is 16.5. The Kier molecular flexibility index (Phi) is 3.33. The van der Waals surface area contributed by atoms with Crippen LogP contribution in [0.25, 0.3) is 11.5 Å². The lowest BCUT2D eigenvalue weighted by atomic mass is 9.98. The lowest BCUT2D eigenvalue weighted by Crippen LogP contribution is -2.20. The lowest BCUT2D eigenvalue weighted by molar-refractivity contribution is 0.102. The van der Waals surface area contributed by atoms with E-state index in [1.54, 1.807) is 4.68 Å². The van der Waals surface area contributed by atoms with E-state index < -0.39 is 0 Å². The summed E-state index contributed by atoms with van der Waals surface area (Å²) in [5.41, 5.74) is 0.688. The predicted molar refractivity (Wildman–Crippen MR) is 68.2 cm³/mol. The van der Waals surface area contributed by atoms with Gasteiger partial charge in [0.15, 0.2) is 0 Å². The maximum atomic E-state index is 10.1. The third kappa shape index (κ3) is 2.68. The smallest absolute Gasteiger partial charge is 0.229 e. The van der Waals surface area contributed by atoms with Crippen LogP contribution in [0.15, 0.2) is 16.8 Å². The molecule has 102 valence electrons. The number of aryl methyl sites for hydroxylation is 1. The van der Waals surface area contributed by atoms with Gasteiger partial charge in [-0.05, 0) is 24.8 Å². The third-order valence-corrected chi connectivity index (χ3v) is 3.74. The van der Waals surface area contributed by atoms with Crippen LogP contribution in [0.4, 0.5) is 0 Å². The fourth-order valence-electron chi connectivity index (χ4n) is 2.66. The fraction of sp³-hybridized carbons (Fsp3) is 0.615. The number of hydrogen-bond acceptors (Lipinski definition) is 5. The number of hydrogen-bond donors (Lipinski definition) is 1. The van der Waals surface area contributed by atoms with E-state index in [0.29, 0.717) is 29.7 Å². The molecule has 6 nitrogen and oxygen atoms in total. The van der Waals surface area contributed by atoms with Crippen molar-refractivity contribution in [3.05, 3.63) is 18.2 Å². The van der Waals surface area contributed by atoms with E-state index in [-0.39, 0.29) is 6.10 Å². The summed E-state index contributed by atoms with van der Waals surface area (Å²) in [4.78, 5) is 4.29. The molecule has 0 saturated heterocycles. The summed E-state index contributed by atoms with van der Waals surface area (Å²) in [5.74, 6) is 1.35. The zero-order chi connectivity index (χ0) is 13.2. The number of nitrogens with zero attached hydrogens (tertiary/aromatic N) is 4. The lowest BCUT2D eigenvalue weighted by Gasteiger charge is -2.14. The van der Waals surface area contributed by atoms with Gasteiger partial charge in [-0.15, -0.1) is 0 Å². The van der Waals surface area contributed by atoms with Gasteiger partial charge in [0, 0.05) is 13.2 Å². The summed E-state index contributed by atoms with van der Waals surface area (Å²) in [7, 11) is 1.84. The first-order chi connectivity index (χ1) is 9.22. The van der Waals surface area contributed by atoms with Crippen LogP contribution < -0.4 is 0 Å². The summed E-state index contributed by atoms with van der Waals surface area (Å²) >= 11 is 0. The normalized spacial score (nSPS) is 18.0. The minimum absolute atomic E-state index is 0.375. The molecule has 19 heavy (non-hydrogen) atoms. The maximum absolute atomic E-state index is 10.1. The molecule has 2 aromatic heterocycles. The Morgan fingerprint density at radius 2 is 2.26 bits per heavy atom. The van der Waals surface area contributed by atoms with Gasteiger partial charge in [-0.2, -0.15) is 10.1 Å². The molecule has 1 unspecified atom stereocenters. The topological polar surface area (TPSA) is 77.0 Å². The molecule has 0 aliphatic heterocycles. The largest absolute Gasteiger partial charge is 0.392 e. The molecule has 0 radical (unpaired) electrons. The minimum Gasteiger partial charge on any atom is -0.392 e. The van der Waals surface area contributed by atoms with Crippen LogP contribution in [0.1, 0.15) is 31.6 Å². The number of aliphatic hydroxyl groups is 1. The molecule has 1 saturated carbocycles. The zero-order valence-corrected chi connectivity index (χ0v) is 11.0. The number of aliphatic hydroxyl groups excluding tert-OH is 1. The molecule has 6 heteroatoms. The van der Waals surface area contributed by atoms with Gasteiger partial charge in [0.1, 0.15) is 5.69 Å². The Labute approximate surface area is 111 Å². The Morgan fingerprint density at radius 1 is 1.47 bits per heavy atom. The molecular formula is C13H18N4O2. The van der Waals surface area contributed by atoms with Crippen molar-refractivity contribution in [2.75, 3.05) is 0 Å². The van der Waals surface area contributed by atoms with Gasteiger partial charge in [0.05, 0.1) is 12.5 Å². The molecule has 0 spiro atoms. The summed E-state index contributed by atoms with van der Waals surface area (Å²) in [6, 6.07) is 1.84. The van der Waals surface area contributed by atoms with Gasteiger partial charge in [-0.1, -0.05) is 18.0 Å². The minimum atomic E-state index is -0.375. The van der Waals surface area contributed by atoms with Gasteiger partial charge in [-0.25, -0.2) is 0 Å². The fourth-order valence-corrected chi connectivity index (χ4v) is 2.66. The molecule has 1 aliphatic carbocycles. The van der Waals surface area contributed by atoms with Gasteiger partial charge in [0.25, 0.3) is 0 Å². The van der Waals surface area contributed by atoms with Crippen LogP contribution >= 0.6 is 0 Å². The van der Waals surface area contributed by atoms with E-state index in [2.05, 4.69) is 15.2 Å². The van der Waals surface area contributed by atoms with Crippen molar-refractivity contribution >= 4 is 0 Å². The monoisotopic (exact) mass is 262 g/mol. The third-order valence-electron chi connectivity index (χ3n) is 3.74. The van der Waals surface area contributed by atoms with Crippen molar-refractivity contribution in [1.82, 2.24) is 19.9 Å². The first kappa shape index (κ1) is 12.3. The van der Waals surface area contributed by atoms with Crippen LogP contribution in [-0.4, -0.2) is 31.1 Å². The average molecular weight is 262 g/mol. The van der Waals surface area contributed by atoms with Crippen molar-refractivity contribution in [2.45, 2.75) is 38.2 Å². The van der Waals surface area contributed by atoms with Crippen molar-refractivity contribution in [2.24, 2.45) is 13.0 Å². The quantitative estimate of drug-likeness (QED) is 0.904. The molecule has 1 fully saturated rings. The molecule has 2 heterocycles. The SMILES string of the molecule is Cn1ccc(-c2noc(CC(O)C3CCCC3)n2)n1. The highest BCUT2D eigenvalue weighted by molar-refractivity contribution is 5.46. The molecule has 0 aromatic carbocycles. The molecule has 1 atom stereocenters. The van der Waals surface area contributed by atoms with E-state index in [1.165, 1.54) is 12.8 Å². The van der Waals surface area contributed by atoms with Crippen molar-refractivity contribution < 1.29 is 9.63 Å². The molecule has 1 N–H and O–H groups in total. The van der Waals surface area contributed by atoms with Crippen molar-refractivity contribution in [3.63, 3.8) is 0 Å². The Balaban J connectivity index is 1.67. The second-order valence-electron chi connectivity index (χ2n) is 5.20. The highest BCUT2D eigenvalue weighted by Gasteiger charge is 2.25. The molecule has 3 rings (SSSR count).